The minimum absolute atomic E-state index is 0. The van der Waals surface area contributed by atoms with Crippen LogP contribution in [0.3, 0.4) is 0 Å². The van der Waals surface area contributed by atoms with Gasteiger partial charge in [-0.05, 0) is 24.6 Å². The number of thiazole rings is 1. The van der Waals surface area contributed by atoms with Gasteiger partial charge in [-0.1, -0.05) is 26.8 Å². The van der Waals surface area contributed by atoms with E-state index < -0.39 is 0 Å². The lowest BCUT2D eigenvalue weighted by atomic mass is 9.93. The standard InChI is InChI=1S/C17H23N3OS.2ClH/c1-11-5-6-12(18)9-13(11)16(21)19-8-7-15-20-14(10-22-15)17(2,3)4;;/h5-6,9-10H,7-8,18H2,1-4H3,(H,19,21);2*1H. The van der Waals surface area contributed by atoms with Gasteiger partial charge in [-0.2, -0.15) is 0 Å². The van der Waals surface area contributed by atoms with Crippen LogP contribution in [0, 0.1) is 6.92 Å². The molecule has 134 valence electrons. The van der Waals surface area contributed by atoms with Crippen LogP contribution in [0.5, 0.6) is 0 Å². The van der Waals surface area contributed by atoms with Crippen molar-refractivity contribution >= 4 is 47.7 Å². The Morgan fingerprint density at radius 2 is 1.96 bits per heavy atom. The molecule has 1 heterocycles. The van der Waals surface area contributed by atoms with Gasteiger partial charge in [-0.3, -0.25) is 4.79 Å². The average molecular weight is 390 g/mol. The number of hydrogen-bond acceptors (Lipinski definition) is 4. The summed E-state index contributed by atoms with van der Waals surface area (Å²) in [4.78, 5) is 16.8. The number of halogens is 2. The number of nitrogens with one attached hydrogen (secondary N) is 1. The van der Waals surface area contributed by atoms with E-state index in [1.807, 2.05) is 13.0 Å². The Morgan fingerprint density at radius 1 is 1.29 bits per heavy atom. The highest BCUT2D eigenvalue weighted by atomic mass is 35.5. The molecule has 24 heavy (non-hydrogen) atoms. The van der Waals surface area contributed by atoms with E-state index in [2.05, 4.69) is 36.5 Å². The number of carbonyl (C=O) groups excluding carboxylic acids is 1. The van der Waals surface area contributed by atoms with Gasteiger partial charge in [0.1, 0.15) is 0 Å². The van der Waals surface area contributed by atoms with Crippen molar-refractivity contribution in [1.82, 2.24) is 10.3 Å². The molecule has 7 heteroatoms. The molecule has 1 aromatic carbocycles. The molecule has 0 unspecified atom stereocenters. The Balaban J connectivity index is 0.00000264. The molecule has 0 saturated heterocycles. The fourth-order valence-electron chi connectivity index (χ4n) is 2.03. The van der Waals surface area contributed by atoms with Crippen LogP contribution in [-0.4, -0.2) is 17.4 Å². The molecule has 0 aliphatic heterocycles. The lowest BCUT2D eigenvalue weighted by molar-refractivity contribution is 0.0953. The summed E-state index contributed by atoms with van der Waals surface area (Å²) in [6, 6.07) is 5.38. The van der Waals surface area contributed by atoms with Crippen LogP contribution in [0.15, 0.2) is 23.6 Å². The van der Waals surface area contributed by atoms with E-state index in [1.165, 1.54) is 0 Å². The summed E-state index contributed by atoms with van der Waals surface area (Å²) in [7, 11) is 0. The lowest BCUT2D eigenvalue weighted by Crippen LogP contribution is -2.26. The third-order valence-corrected chi connectivity index (χ3v) is 4.36. The number of benzene rings is 1. The molecular weight excluding hydrogens is 365 g/mol. The van der Waals surface area contributed by atoms with E-state index in [-0.39, 0.29) is 36.1 Å². The van der Waals surface area contributed by atoms with Crippen molar-refractivity contribution in [3.8, 4) is 0 Å². The summed E-state index contributed by atoms with van der Waals surface area (Å²) < 4.78 is 0. The number of carbonyl (C=O) groups is 1. The SMILES string of the molecule is Cc1ccc(N)cc1C(=O)NCCc1nc(C(C)(C)C)cs1.Cl.Cl. The van der Waals surface area contributed by atoms with Gasteiger partial charge in [0.05, 0.1) is 10.7 Å². The molecule has 1 amide bonds. The molecule has 3 N–H and O–H groups in total. The van der Waals surface area contributed by atoms with E-state index in [9.17, 15) is 4.79 Å². The highest BCUT2D eigenvalue weighted by molar-refractivity contribution is 7.09. The maximum Gasteiger partial charge on any atom is 0.251 e. The van der Waals surface area contributed by atoms with E-state index in [0.29, 0.717) is 17.8 Å². The van der Waals surface area contributed by atoms with Crippen molar-refractivity contribution in [3.05, 3.63) is 45.4 Å². The first-order valence-electron chi connectivity index (χ1n) is 7.36. The molecule has 0 radical (unpaired) electrons. The zero-order chi connectivity index (χ0) is 16.3. The third-order valence-electron chi connectivity index (χ3n) is 3.45. The van der Waals surface area contributed by atoms with E-state index in [0.717, 1.165) is 22.7 Å². The molecule has 1 aromatic heterocycles. The van der Waals surface area contributed by atoms with Crippen LogP contribution in [0.1, 0.15) is 47.4 Å². The molecule has 0 saturated carbocycles. The topological polar surface area (TPSA) is 68.0 Å². The van der Waals surface area contributed by atoms with Crippen LogP contribution < -0.4 is 11.1 Å². The quantitative estimate of drug-likeness (QED) is 0.771. The van der Waals surface area contributed by atoms with Gasteiger partial charge < -0.3 is 11.1 Å². The second-order valence-corrected chi connectivity index (χ2v) is 7.40. The molecule has 0 bridgehead atoms. The molecule has 2 aromatic rings. The number of anilines is 1. The molecule has 4 nitrogen and oxygen atoms in total. The minimum atomic E-state index is -0.0857. The predicted molar refractivity (Wildman–Crippen MR) is 107 cm³/mol. The summed E-state index contributed by atoms with van der Waals surface area (Å²) in [5.74, 6) is -0.0857. The Labute approximate surface area is 160 Å². The van der Waals surface area contributed by atoms with Gasteiger partial charge in [0, 0.05) is 35.0 Å². The Hall–Kier alpha value is -1.30. The smallest absolute Gasteiger partial charge is 0.251 e. The summed E-state index contributed by atoms with van der Waals surface area (Å²) in [5.41, 5.74) is 9.07. The van der Waals surface area contributed by atoms with Gasteiger partial charge in [0.25, 0.3) is 5.91 Å². The van der Waals surface area contributed by atoms with Crippen molar-refractivity contribution in [2.45, 2.75) is 39.5 Å². The second-order valence-electron chi connectivity index (χ2n) is 6.46. The number of nitrogens with zero attached hydrogens (tertiary/aromatic N) is 1. The molecule has 0 atom stereocenters. The Kier molecular flexibility index (Phi) is 8.75. The number of rotatable bonds is 4. The van der Waals surface area contributed by atoms with E-state index >= 15 is 0 Å². The molecule has 2 rings (SSSR count). The van der Waals surface area contributed by atoms with Gasteiger partial charge >= 0.3 is 0 Å². The van der Waals surface area contributed by atoms with Gasteiger partial charge in [0.15, 0.2) is 0 Å². The van der Waals surface area contributed by atoms with E-state index in [4.69, 9.17) is 5.73 Å². The van der Waals surface area contributed by atoms with Gasteiger partial charge in [-0.25, -0.2) is 4.98 Å². The van der Waals surface area contributed by atoms with Crippen LogP contribution in [0.25, 0.3) is 0 Å². The van der Waals surface area contributed by atoms with Crippen molar-refractivity contribution in [1.29, 1.82) is 0 Å². The fraction of sp³-hybridized carbons (Fsp3) is 0.412. The maximum absolute atomic E-state index is 12.2. The molecule has 0 aliphatic carbocycles. The minimum Gasteiger partial charge on any atom is -0.399 e. The summed E-state index contributed by atoms with van der Waals surface area (Å²) in [6.07, 6.45) is 0.744. The number of aromatic nitrogens is 1. The van der Waals surface area contributed by atoms with Crippen LogP contribution in [-0.2, 0) is 11.8 Å². The fourth-order valence-corrected chi connectivity index (χ4v) is 3.06. The zero-order valence-corrected chi connectivity index (χ0v) is 16.8. The number of nitrogen functional groups attached to an aromatic ring is 1. The van der Waals surface area contributed by atoms with Crippen LogP contribution in [0.4, 0.5) is 5.69 Å². The van der Waals surface area contributed by atoms with Crippen LogP contribution >= 0.6 is 36.2 Å². The summed E-state index contributed by atoms with van der Waals surface area (Å²) >= 11 is 1.65. The van der Waals surface area contributed by atoms with Crippen molar-refractivity contribution in [2.75, 3.05) is 12.3 Å². The first-order valence-corrected chi connectivity index (χ1v) is 8.24. The summed E-state index contributed by atoms with van der Waals surface area (Å²) in [5, 5.41) is 6.08. The van der Waals surface area contributed by atoms with Gasteiger partial charge in [0.2, 0.25) is 0 Å². The van der Waals surface area contributed by atoms with E-state index in [1.54, 1.807) is 23.5 Å². The monoisotopic (exact) mass is 389 g/mol. The normalized spacial score (nSPS) is 10.5. The van der Waals surface area contributed by atoms with Crippen LogP contribution in [0.2, 0.25) is 0 Å². The Morgan fingerprint density at radius 3 is 2.54 bits per heavy atom. The maximum atomic E-state index is 12.2. The van der Waals surface area contributed by atoms with Gasteiger partial charge in [-0.15, -0.1) is 36.2 Å². The van der Waals surface area contributed by atoms with Crippen molar-refractivity contribution in [3.63, 3.8) is 0 Å². The number of hydrogen-bond donors (Lipinski definition) is 2. The second kappa shape index (κ2) is 9.25. The zero-order valence-electron chi connectivity index (χ0n) is 14.4. The molecule has 0 aliphatic rings. The summed E-state index contributed by atoms with van der Waals surface area (Å²) in [6.45, 7) is 8.93. The number of amides is 1. The largest absolute Gasteiger partial charge is 0.399 e. The van der Waals surface area contributed by atoms with Crippen molar-refractivity contribution < 1.29 is 4.79 Å². The predicted octanol–water partition coefficient (Wildman–Crippen LogP) is 4.15. The average Bonchev–Trinajstić information content (AvgIpc) is 2.90. The lowest BCUT2D eigenvalue weighted by Gasteiger charge is -2.14. The highest BCUT2D eigenvalue weighted by Gasteiger charge is 2.17. The number of aryl methyl sites for hydroxylation is 1. The van der Waals surface area contributed by atoms with Crippen molar-refractivity contribution in [2.24, 2.45) is 0 Å². The highest BCUT2D eigenvalue weighted by Crippen LogP contribution is 2.23. The first-order chi connectivity index (χ1) is 10.3. The molecule has 0 spiro atoms. The Bertz CT molecular complexity index is 681. The molecular formula is C17H25Cl2N3OS. The molecule has 0 fully saturated rings. The number of nitrogens with two attached hydrogens (primary N) is 1. The first kappa shape index (κ1) is 22.7. The third kappa shape index (κ3) is 5.96.